The van der Waals surface area contributed by atoms with Crippen molar-refractivity contribution in [1.29, 1.82) is 0 Å². The molecule has 0 aromatic carbocycles. The summed E-state index contributed by atoms with van der Waals surface area (Å²) in [4.78, 5) is 10.7. The van der Waals surface area contributed by atoms with Crippen molar-refractivity contribution in [2.45, 2.75) is 174 Å². The van der Waals surface area contributed by atoms with E-state index in [-0.39, 0.29) is 5.97 Å². The third-order valence-corrected chi connectivity index (χ3v) is 6.89. The van der Waals surface area contributed by atoms with E-state index < -0.39 is 0 Å². The van der Waals surface area contributed by atoms with Crippen molar-refractivity contribution in [1.82, 2.24) is 0 Å². The van der Waals surface area contributed by atoms with Gasteiger partial charge in [-0.1, -0.05) is 162 Å². The lowest BCUT2D eigenvalue weighted by molar-refractivity contribution is -0.140. The number of carbonyl (C=O) groups excluding carboxylic acids is 1. The molecule has 32 heavy (non-hydrogen) atoms. The van der Waals surface area contributed by atoms with E-state index in [1.54, 1.807) is 0 Å². The molecule has 0 heterocycles. The van der Waals surface area contributed by atoms with Crippen LogP contribution < -0.4 is 0 Å². The van der Waals surface area contributed by atoms with Crippen molar-refractivity contribution in [2.24, 2.45) is 5.92 Å². The maximum atomic E-state index is 10.7. The van der Waals surface area contributed by atoms with Gasteiger partial charge >= 0.3 is 5.97 Å². The van der Waals surface area contributed by atoms with Crippen LogP contribution in [0.4, 0.5) is 0 Å². The summed E-state index contributed by atoms with van der Waals surface area (Å²) in [5.74, 6) is 0.697. The van der Waals surface area contributed by atoms with E-state index in [2.05, 4.69) is 18.6 Å². The number of carbonyl (C=O) groups is 1. The molecule has 0 aromatic rings. The quantitative estimate of drug-likeness (QED) is 0.296. The number of rotatable bonds is 6. The van der Waals surface area contributed by atoms with Gasteiger partial charge in [-0.2, -0.15) is 0 Å². The molecule has 0 saturated heterocycles. The molecule has 0 amide bonds. The maximum Gasteiger partial charge on any atom is 0.305 e. The molecule has 2 nitrogen and oxygen atoms in total. The molecule has 2 heteroatoms. The van der Waals surface area contributed by atoms with E-state index >= 15 is 0 Å². The normalized spacial score (nSPS) is 18.9. The molecule has 2 aliphatic carbocycles. The van der Waals surface area contributed by atoms with Crippen LogP contribution in [-0.4, -0.2) is 13.1 Å². The molecule has 2 fully saturated rings. The molecule has 0 atom stereocenters. The highest BCUT2D eigenvalue weighted by Gasteiger charge is 2.00. The highest BCUT2D eigenvalue weighted by atomic mass is 16.5. The fourth-order valence-electron chi connectivity index (χ4n) is 4.64. The van der Waals surface area contributed by atoms with Gasteiger partial charge in [0.05, 0.1) is 7.11 Å². The number of methoxy groups -OCH3 is 1. The Morgan fingerprint density at radius 2 is 0.812 bits per heavy atom. The third kappa shape index (κ3) is 27.5. The van der Waals surface area contributed by atoms with E-state index in [0.29, 0.717) is 6.42 Å². The van der Waals surface area contributed by atoms with Crippen LogP contribution in [0.15, 0.2) is 0 Å². The molecular weight excluding hydrogens is 392 g/mol. The van der Waals surface area contributed by atoms with Gasteiger partial charge in [0.15, 0.2) is 0 Å². The topological polar surface area (TPSA) is 26.3 Å². The van der Waals surface area contributed by atoms with Gasteiger partial charge in [-0.25, -0.2) is 0 Å². The standard InChI is InChI=1S/C10H20O2.2C10H20/c1-9(2)7-5-4-6-8-10(11)12-3;2*1-2-4-6-8-10-9-7-5-3-1/h9H,4-8H2,1-3H3;2*1-10H2. The molecule has 2 rings (SSSR count). The first kappa shape index (κ1) is 31.5. The molecule has 0 radical (unpaired) electrons. The van der Waals surface area contributed by atoms with Gasteiger partial charge in [-0.3, -0.25) is 4.79 Å². The van der Waals surface area contributed by atoms with Gasteiger partial charge in [0, 0.05) is 6.42 Å². The van der Waals surface area contributed by atoms with Gasteiger partial charge < -0.3 is 4.74 Å². The zero-order chi connectivity index (χ0) is 23.5. The van der Waals surface area contributed by atoms with E-state index in [1.807, 2.05) is 0 Å². The Morgan fingerprint density at radius 1 is 0.531 bits per heavy atom. The number of ether oxygens (including phenoxy) is 1. The summed E-state index contributed by atoms with van der Waals surface area (Å²) in [6.07, 6.45) is 35.2. The SMILES string of the molecule is C1CCCCCCCCC1.C1CCCCCCCCC1.COC(=O)CCCCCC(C)C. The van der Waals surface area contributed by atoms with Gasteiger partial charge in [-0.05, 0) is 12.3 Å². The van der Waals surface area contributed by atoms with E-state index in [4.69, 9.17) is 0 Å². The molecule has 0 N–H and O–H groups in total. The lowest BCUT2D eigenvalue weighted by Crippen LogP contribution is -1.99. The predicted molar refractivity (Wildman–Crippen MR) is 142 cm³/mol. The molecule has 0 bridgehead atoms. The summed E-state index contributed by atoms with van der Waals surface area (Å²) >= 11 is 0. The fourth-order valence-corrected chi connectivity index (χ4v) is 4.64. The van der Waals surface area contributed by atoms with Crippen molar-refractivity contribution in [2.75, 3.05) is 7.11 Å². The van der Waals surface area contributed by atoms with Crippen LogP contribution in [0.25, 0.3) is 0 Å². The van der Waals surface area contributed by atoms with E-state index in [1.165, 1.54) is 148 Å². The molecule has 0 unspecified atom stereocenters. The van der Waals surface area contributed by atoms with Crippen LogP contribution in [-0.2, 0) is 9.53 Å². The second-order valence-corrected chi connectivity index (χ2v) is 10.6. The number of hydrogen-bond acceptors (Lipinski definition) is 2. The minimum absolute atomic E-state index is 0.0838. The highest BCUT2D eigenvalue weighted by Crippen LogP contribution is 2.16. The second-order valence-electron chi connectivity index (χ2n) is 10.6. The molecule has 0 spiro atoms. The Balaban J connectivity index is 0.000000452. The Morgan fingerprint density at radius 3 is 1.03 bits per heavy atom. The average Bonchev–Trinajstić information content (AvgIpc) is 2.82. The maximum absolute atomic E-state index is 10.7. The van der Waals surface area contributed by atoms with Gasteiger partial charge in [0.1, 0.15) is 0 Å². The average molecular weight is 453 g/mol. The van der Waals surface area contributed by atoms with Gasteiger partial charge in [-0.15, -0.1) is 0 Å². The lowest BCUT2D eigenvalue weighted by atomic mass is 10.0. The first-order valence-corrected chi connectivity index (χ1v) is 14.7. The zero-order valence-corrected chi connectivity index (χ0v) is 22.6. The van der Waals surface area contributed by atoms with Crippen LogP contribution in [0.1, 0.15) is 174 Å². The Hall–Kier alpha value is -0.530. The Labute approximate surface area is 203 Å². The van der Waals surface area contributed by atoms with Gasteiger partial charge in [0.2, 0.25) is 0 Å². The second kappa shape index (κ2) is 26.7. The van der Waals surface area contributed by atoms with Crippen molar-refractivity contribution < 1.29 is 9.53 Å². The summed E-state index contributed by atoms with van der Waals surface area (Å²) in [7, 11) is 1.44. The zero-order valence-electron chi connectivity index (χ0n) is 22.6. The van der Waals surface area contributed by atoms with Crippen LogP contribution in [0, 0.1) is 5.92 Å². The minimum atomic E-state index is -0.0838. The molecule has 0 aliphatic heterocycles. The first-order chi connectivity index (χ1) is 15.7. The first-order valence-electron chi connectivity index (χ1n) is 14.7. The van der Waals surface area contributed by atoms with Crippen LogP contribution >= 0.6 is 0 Å². The fraction of sp³-hybridized carbons (Fsp3) is 0.967. The predicted octanol–water partition coefficient (Wildman–Crippen LogP) is 10.6. The number of hydrogen-bond donors (Lipinski definition) is 0. The minimum Gasteiger partial charge on any atom is -0.469 e. The Bertz CT molecular complexity index is 277. The van der Waals surface area contributed by atoms with E-state index in [0.717, 1.165) is 18.8 Å². The summed E-state index contributed by atoms with van der Waals surface area (Å²) < 4.78 is 4.54. The molecule has 2 aliphatic rings. The van der Waals surface area contributed by atoms with Crippen molar-refractivity contribution >= 4 is 5.97 Å². The Kier molecular flexibility index (Phi) is 26.3. The van der Waals surface area contributed by atoms with Crippen LogP contribution in [0.3, 0.4) is 0 Å². The van der Waals surface area contributed by atoms with E-state index in [9.17, 15) is 4.79 Å². The summed E-state index contributed by atoms with van der Waals surface area (Å²) in [6, 6.07) is 0. The van der Waals surface area contributed by atoms with Crippen LogP contribution in [0.5, 0.6) is 0 Å². The van der Waals surface area contributed by atoms with Crippen molar-refractivity contribution in [3.63, 3.8) is 0 Å². The smallest absolute Gasteiger partial charge is 0.305 e. The summed E-state index contributed by atoms with van der Waals surface area (Å²) in [5, 5.41) is 0. The summed E-state index contributed by atoms with van der Waals surface area (Å²) in [6.45, 7) is 4.45. The molecular formula is C30H60O2. The highest BCUT2D eigenvalue weighted by molar-refractivity contribution is 5.68. The van der Waals surface area contributed by atoms with Crippen LogP contribution in [0.2, 0.25) is 0 Å². The number of esters is 1. The van der Waals surface area contributed by atoms with Crippen molar-refractivity contribution in [3.05, 3.63) is 0 Å². The van der Waals surface area contributed by atoms with Crippen molar-refractivity contribution in [3.8, 4) is 0 Å². The largest absolute Gasteiger partial charge is 0.469 e. The molecule has 0 aromatic heterocycles. The number of unbranched alkanes of at least 4 members (excludes halogenated alkanes) is 2. The third-order valence-electron chi connectivity index (χ3n) is 6.89. The molecule has 192 valence electrons. The monoisotopic (exact) mass is 452 g/mol. The molecule has 2 saturated carbocycles. The van der Waals surface area contributed by atoms with Gasteiger partial charge in [0.25, 0.3) is 0 Å². The summed E-state index contributed by atoms with van der Waals surface area (Å²) in [5.41, 5.74) is 0. The lowest BCUT2D eigenvalue weighted by Gasteiger charge is -2.05.